The molecule has 1 atom stereocenters. The summed E-state index contributed by atoms with van der Waals surface area (Å²) in [5.74, 6) is 0.270. The number of amides is 2. The van der Waals surface area contributed by atoms with Gasteiger partial charge in [-0.3, -0.25) is 15.0 Å². The van der Waals surface area contributed by atoms with Gasteiger partial charge in [-0.05, 0) is 70.2 Å². The molecule has 0 aliphatic carbocycles. The van der Waals surface area contributed by atoms with Gasteiger partial charge in [0.15, 0.2) is 17.3 Å². The van der Waals surface area contributed by atoms with Crippen molar-refractivity contribution in [2.24, 2.45) is 15.2 Å². The zero-order valence-electron chi connectivity index (χ0n) is 23.8. The number of nitrogens with zero attached hydrogens (tertiary/aromatic N) is 4. The lowest BCUT2D eigenvalue weighted by Crippen LogP contribution is -2.36. The molecule has 0 spiro atoms. The Morgan fingerprint density at radius 3 is 2.19 bits per heavy atom. The fourth-order valence-electron chi connectivity index (χ4n) is 3.96. The van der Waals surface area contributed by atoms with Gasteiger partial charge in [-0.15, -0.1) is 0 Å². The highest BCUT2D eigenvalue weighted by molar-refractivity contribution is 6.43. The molecule has 1 saturated heterocycles. The van der Waals surface area contributed by atoms with E-state index >= 15 is 0 Å². The van der Waals surface area contributed by atoms with Gasteiger partial charge in [0.05, 0.1) is 38.7 Å². The molecule has 1 aliphatic rings. The van der Waals surface area contributed by atoms with Crippen molar-refractivity contribution >= 4 is 86.8 Å². The summed E-state index contributed by atoms with van der Waals surface area (Å²) in [6, 6.07) is 11.5. The van der Waals surface area contributed by atoms with Crippen LogP contribution < -0.4 is 25.2 Å². The van der Waals surface area contributed by atoms with Crippen molar-refractivity contribution in [2.75, 3.05) is 10.3 Å². The number of carbonyl (C=O) groups is 2. The number of hydrogen-bond donors (Lipinski definition) is 2. The maximum Gasteiger partial charge on any atom is 0.280 e. The first kappa shape index (κ1) is 32.3. The molecule has 0 radical (unpaired) electrons. The number of ether oxygens (including phenoxy) is 2. The van der Waals surface area contributed by atoms with Crippen LogP contribution in [0.3, 0.4) is 0 Å². The van der Waals surface area contributed by atoms with Crippen LogP contribution in [0.25, 0.3) is 0 Å². The average molecular weight is 666 g/mol. The minimum Gasteiger partial charge on any atom is -0.487 e. The minimum absolute atomic E-state index is 0.0728. The molecule has 3 aromatic rings. The minimum atomic E-state index is -1.25. The zero-order valence-corrected chi connectivity index (χ0v) is 26.8. The van der Waals surface area contributed by atoms with Gasteiger partial charge in [0, 0.05) is 23.7 Å². The Kier molecular flexibility index (Phi) is 10.4. The summed E-state index contributed by atoms with van der Waals surface area (Å²) in [4.78, 5) is 29.9. The van der Waals surface area contributed by atoms with E-state index < -0.39 is 11.9 Å². The maximum atomic E-state index is 13.7. The van der Waals surface area contributed by atoms with Crippen LogP contribution in [0.15, 0.2) is 63.8 Å². The normalized spacial score (nSPS) is 16.0. The first-order valence-electron chi connectivity index (χ1n) is 13.1. The fraction of sp³-hybridized carbons (Fsp3) is 0.276. The molecule has 226 valence electrons. The van der Waals surface area contributed by atoms with Crippen LogP contribution in [0.2, 0.25) is 20.1 Å². The Morgan fingerprint density at radius 1 is 0.907 bits per heavy atom. The first-order chi connectivity index (χ1) is 20.3. The quantitative estimate of drug-likeness (QED) is 0.222. The van der Waals surface area contributed by atoms with Gasteiger partial charge in [0.1, 0.15) is 5.69 Å². The van der Waals surface area contributed by atoms with Gasteiger partial charge in [0.2, 0.25) is 11.9 Å². The number of hydrazine groups is 1. The molecule has 0 saturated carbocycles. The van der Waals surface area contributed by atoms with E-state index in [-0.39, 0.29) is 50.4 Å². The van der Waals surface area contributed by atoms with E-state index in [0.29, 0.717) is 27.9 Å². The Morgan fingerprint density at radius 2 is 1.56 bits per heavy atom. The topological polar surface area (TPSA) is 117 Å². The summed E-state index contributed by atoms with van der Waals surface area (Å²) < 4.78 is 11.8. The second-order valence-corrected chi connectivity index (χ2v) is 11.6. The highest BCUT2D eigenvalue weighted by Gasteiger charge is 2.41. The summed E-state index contributed by atoms with van der Waals surface area (Å²) in [7, 11) is 0. The van der Waals surface area contributed by atoms with E-state index in [1.54, 1.807) is 36.4 Å². The second-order valence-electron chi connectivity index (χ2n) is 9.93. The molecular formula is C29H28Cl4N6O4. The number of hydrogen-bond acceptors (Lipinski definition) is 7. The van der Waals surface area contributed by atoms with Crippen molar-refractivity contribution in [3.05, 3.63) is 68.6 Å². The Labute approximate surface area is 268 Å². The number of halogens is 4. The molecule has 43 heavy (non-hydrogen) atoms. The van der Waals surface area contributed by atoms with E-state index in [9.17, 15) is 9.59 Å². The smallest absolute Gasteiger partial charge is 0.280 e. The molecule has 3 aromatic carbocycles. The van der Waals surface area contributed by atoms with Crippen molar-refractivity contribution in [1.29, 1.82) is 0 Å². The van der Waals surface area contributed by atoms with E-state index in [4.69, 9.17) is 55.9 Å². The van der Waals surface area contributed by atoms with Gasteiger partial charge in [0.25, 0.3) is 5.91 Å². The first-order valence-corrected chi connectivity index (χ1v) is 14.6. The van der Waals surface area contributed by atoms with Crippen LogP contribution in [-0.4, -0.2) is 35.9 Å². The molecular weight excluding hydrogens is 638 g/mol. The molecule has 1 heterocycles. The van der Waals surface area contributed by atoms with Crippen LogP contribution >= 0.6 is 46.4 Å². The maximum absolute atomic E-state index is 13.7. The van der Waals surface area contributed by atoms with Crippen LogP contribution in [0.1, 0.15) is 34.6 Å². The molecule has 1 aliphatic heterocycles. The van der Waals surface area contributed by atoms with E-state index in [1.165, 1.54) is 19.1 Å². The molecule has 2 amide bonds. The van der Waals surface area contributed by atoms with Crippen molar-refractivity contribution < 1.29 is 19.1 Å². The van der Waals surface area contributed by atoms with Crippen molar-refractivity contribution in [1.82, 2.24) is 5.43 Å². The predicted molar refractivity (Wildman–Crippen MR) is 171 cm³/mol. The van der Waals surface area contributed by atoms with Gasteiger partial charge < -0.3 is 14.8 Å². The summed E-state index contributed by atoms with van der Waals surface area (Å²) in [6.07, 6.45) is -0.196. The lowest BCUT2D eigenvalue weighted by molar-refractivity contribution is -0.118. The van der Waals surface area contributed by atoms with Crippen LogP contribution in [0.5, 0.6) is 11.5 Å². The largest absolute Gasteiger partial charge is 0.487 e. The Balaban J connectivity index is 1.77. The Hall–Kier alpha value is -3.57. The fourth-order valence-corrected chi connectivity index (χ4v) is 5.11. The lowest BCUT2D eigenvalue weighted by Gasteiger charge is -2.19. The summed E-state index contributed by atoms with van der Waals surface area (Å²) in [5.41, 5.74) is 4.21. The van der Waals surface area contributed by atoms with Crippen molar-refractivity contribution in [3.63, 3.8) is 0 Å². The van der Waals surface area contributed by atoms with Gasteiger partial charge >= 0.3 is 0 Å². The van der Waals surface area contributed by atoms with Crippen LogP contribution in [0.4, 0.5) is 22.7 Å². The molecule has 10 nitrogen and oxygen atoms in total. The molecule has 2 N–H and O–H groups in total. The highest BCUT2D eigenvalue weighted by atomic mass is 35.5. The SMILES string of the molecule is CC(=O)Nc1ccc(Cl)c(N=C2NN(c3c(Cl)cc(Cl)cc3Cl)C(=O)C2N=Nc2ccc(OC(C)C)c(OC(C)C)c2)c1. The Bertz CT molecular complexity index is 1590. The third-order valence-electron chi connectivity index (χ3n) is 5.59. The number of amidine groups is 1. The van der Waals surface area contributed by atoms with E-state index in [2.05, 4.69) is 26.0 Å². The summed E-state index contributed by atoms with van der Waals surface area (Å²) in [5, 5.41) is 13.3. The molecule has 0 aromatic heterocycles. The van der Waals surface area contributed by atoms with Gasteiger partial charge in [-0.1, -0.05) is 46.4 Å². The van der Waals surface area contributed by atoms with E-state index in [0.717, 1.165) is 5.01 Å². The van der Waals surface area contributed by atoms with Crippen molar-refractivity contribution in [3.8, 4) is 11.5 Å². The third-order valence-corrected chi connectivity index (χ3v) is 6.71. The number of anilines is 2. The molecule has 1 unspecified atom stereocenters. The van der Waals surface area contributed by atoms with Crippen molar-refractivity contribution in [2.45, 2.75) is 52.9 Å². The van der Waals surface area contributed by atoms with Gasteiger partial charge in [-0.25, -0.2) is 10.0 Å². The van der Waals surface area contributed by atoms with Crippen LogP contribution in [0, 0.1) is 0 Å². The molecule has 4 rings (SSSR count). The number of benzene rings is 3. The van der Waals surface area contributed by atoms with E-state index in [1.807, 2.05) is 27.7 Å². The zero-order chi connectivity index (χ0) is 31.4. The standard InChI is InChI=1S/C29H28Cl4N6O4/c1-14(2)42-24-9-7-19(13-25(24)43-15(3)4)36-37-26-28(35-23-12-18(34-16(5)40)6-8-20(23)31)38-39(29(26)41)27-21(32)10-17(30)11-22(27)33/h6-15,26H,1-5H3,(H,34,40)(H,35,38). The average Bonchev–Trinajstić information content (AvgIpc) is 3.19. The molecule has 0 bridgehead atoms. The third kappa shape index (κ3) is 8.08. The molecule has 1 fully saturated rings. The number of nitrogens with one attached hydrogen (secondary N) is 2. The summed E-state index contributed by atoms with van der Waals surface area (Å²) >= 11 is 25.4. The number of rotatable bonds is 9. The predicted octanol–water partition coefficient (Wildman–Crippen LogP) is 8.57. The number of azo groups is 1. The monoisotopic (exact) mass is 664 g/mol. The lowest BCUT2D eigenvalue weighted by atomic mass is 10.2. The van der Waals surface area contributed by atoms with Gasteiger partial charge in [-0.2, -0.15) is 10.2 Å². The highest BCUT2D eigenvalue weighted by Crippen LogP contribution is 2.39. The number of aliphatic imine (C=N–C) groups is 1. The molecule has 14 heteroatoms. The summed E-state index contributed by atoms with van der Waals surface area (Å²) in [6.45, 7) is 8.99. The van der Waals surface area contributed by atoms with Crippen LogP contribution in [-0.2, 0) is 9.59 Å². The number of carbonyl (C=O) groups excluding carboxylic acids is 2. The second kappa shape index (κ2) is 13.8.